The second kappa shape index (κ2) is 7.53. The first-order chi connectivity index (χ1) is 12.8. The molecule has 140 valence electrons. The summed E-state index contributed by atoms with van der Waals surface area (Å²) in [7, 11) is 0. The molecule has 0 radical (unpaired) electrons. The van der Waals surface area contributed by atoms with E-state index in [9.17, 15) is 4.79 Å². The van der Waals surface area contributed by atoms with Crippen LogP contribution in [0.15, 0.2) is 48.7 Å². The summed E-state index contributed by atoms with van der Waals surface area (Å²) in [6.07, 6.45) is 1.26. The quantitative estimate of drug-likeness (QED) is 0.581. The van der Waals surface area contributed by atoms with Crippen LogP contribution >= 0.6 is 11.6 Å². The van der Waals surface area contributed by atoms with Gasteiger partial charge in [-0.15, -0.1) is 0 Å². The number of halogens is 1. The van der Waals surface area contributed by atoms with Crippen molar-refractivity contribution in [1.82, 2.24) is 9.97 Å². The first-order valence-electron chi connectivity index (χ1n) is 8.81. The molecule has 0 saturated heterocycles. The van der Waals surface area contributed by atoms with Gasteiger partial charge in [0.25, 0.3) is 0 Å². The fraction of sp³-hybridized carbons (Fsp3) is 0.286. The second-order valence-electron chi connectivity index (χ2n) is 7.11. The smallest absolute Gasteiger partial charge is 0.416 e. The summed E-state index contributed by atoms with van der Waals surface area (Å²) in [5.41, 5.74) is 1.54. The van der Waals surface area contributed by atoms with Crippen molar-refractivity contribution >= 4 is 34.4 Å². The molecule has 1 aromatic carbocycles. The van der Waals surface area contributed by atoms with E-state index in [1.54, 1.807) is 6.20 Å². The molecule has 0 fully saturated rings. The van der Waals surface area contributed by atoms with Crippen LogP contribution in [0.3, 0.4) is 0 Å². The van der Waals surface area contributed by atoms with Gasteiger partial charge in [-0.05, 0) is 58.0 Å². The van der Waals surface area contributed by atoms with Crippen molar-refractivity contribution in [3.05, 3.63) is 53.7 Å². The predicted molar refractivity (Wildman–Crippen MR) is 109 cm³/mol. The minimum Gasteiger partial charge on any atom is -0.443 e. The third-order valence-corrected chi connectivity index (χ3v) is 4.24. The van der Waals surface area contributed by atoms with Crippen molar-refractivity contribution in [3.63, 3.8) is 0 Å². The predicted octanol–water partition coefficient (Wildman–Crippen LogP) is 5.71. The molecule has 6 heteroatoms. The number of nitrogens with zero attached hydrogens (tertiary/aromatic N) is 3. The van der Waals surface area contributed by atoms with Crippen LogP contribution in [0.5, 0.6) is 0 Å². The third kappa shape index (κ3) is 4.19. The van der Waals surface area contributed by atoms with E-state index in [1.165, 1.54) is 4.90 Å². The van der Waals surface area contributed by atoms with Crippen LogP contribution in [-0.4, -0.2) is 28.2 Å². The lowest BCUT2D eigenvalue weighted by Crippen LogP contribution is -2.37. The van der Waals surface area contributed by atoms with E-state index in [0.717, 1.165) is 10.9 Å². The fourth-order valence-corrected chi connectivity index (χ4v) is 2.97. The molecule has 0 aliphatic heterocycles. The zero-order valence-electron chi connectivity index (χ0n) is 15.9. The summed E-state index contributed by atoms with van der Waals surface area (Å²) >= 11 is 6.37. The number of carbonyl (C=O) groups is 1. The van der Waals surface area contributed by atoms with Crippen LogP contribution in [0.25, 0.3) is 22.2 Å². The lowest BCUT2D eigenvalue weighted by atomic mass is 10.1. The minimum atomic E-state index is -0.601. The SMILES string of the molecule is CCN(C(=O)OC(C)(C)C)c1nc2cccc(Cl)c2cc1-c1ccccn1. The molecule has 5 nitrogen and oxygen atoms in total. The fourth-order valence-electron chi connectivity index (χ4n) is 2.75. The van der Waals surface area contributed by atoms with E-state index in [4.69, 9.17) is 21.3 Å². The van der Waals surface area contributed by atoms with E-state index >= 15 is 0 Å². The standard InChI is InChI=1S/C21H22ClN3O2/c1-5-25(20(26)27-21(2,3)4)19-15(17-10-6-7-12-23-17)13-14-16(22)9-8-11-18(14)24-19/h6-13H,5H2,1-4H3. The summed E-state index contributed by atoms with van der Waals surface area (Å²) in [6, 6.07) is 13.1. The number of ether oxygens (including phenoxy) is 1. The van der Waals surface area contributed by atoms with Gasteiger partial charge >= 0.3 is 6.09 Å². The first-order valence-corrected chi connectivity index (χ1v) is 9.19. The van der Waals surface area contributed by atoms with Crippen LogP contribution in [0.4, 0.5) is 10.6 Å². The Bertz CT molecular complexity index is 968. The molecular weight excluding hydrogens is 362 g/mol. The number of benzene rings is 1. The van der Waals surface area contributed by atoms with E-state index in [1.807, 2.05) is 70.2 Å². The highest BCUT2D eigenvalue weighted by atomic mass is 35.5. The molecule has 0 unspecified atom stereocenters. The average Bonchev–Trinajstić information content (AvgIpc) is 2.61. The van der Waals surface area contributed by atoms with Crippen molar-refractivity contribution in [2.45, 2.75) is 33.3 Å². The van der Waals surface area contributed by atoms with Crippen LogP contribution in [-0.2, 0) is 4.74 Å². The Morgan fingerprint density at radius 1 is 1.19 bits per heavy atom. The van der Waals surface area contributed by atoms with E-state index in [0.29, 0.717) is 28.6 Å². The van der Waals surface area contributed by atoms with Crippen LogP contribution in [0, 0.1) is 0 Å². The van der Waals surface area contributed by atoms with Gasteiger partial charge in [-0.3, -0.25) is 9.88 Å². The van der Waals surface area contributed by atoms with Gasteiger partial charge in [-0.25, -0.2) is 9.78 Å². The largest absolute Gasteiger partial charge is 0.443 e. The van der Waals surface area contributed by atoms with Gasteiger partial charge in [-0.1, -0.05) is 23.7 Å². The Labute approximate surface area is 164 Å². The Morgan fingerprint density at radius 2 is 1.96 bits per heavy atom. The second-order valence-corrected chi connectivity index (χ2v) is 7.51. The lowest BCUT2D eigenvalue weighted by molar-refractivity contribution is 0.0581. The highest BCUT2D eigenvalue weighted by molar-refractivity contribution is 6.35. The van der Waals surface area contributed by atoms with Gasteiger partial charge in [0.05, 0.1) is 11.2 Å². The van der Waals surface area contributed by atoms with Gasteiger partial charge in [0.2, 0.25) is 0 Å². The van der Waals surface area contributed by atoms with Gasteiger partial charge in [0, 0.05) is 28.7 Å². The summed E-state index contributed by atoms with van der Waals surface area (Å²) in [5, 5.41) is 1.41. The van der Waals surface area contributed by atoms with Crippen molar-refractivity contribution in [3.8, 4) is 11.3 Å². The zero-order chi connectivity index (χ0) is 19.6. The molecule has 0 spiro atoms. The summed E-state index contributed by atoms with van der Waals surface area (Å²) in [5.74, 6) is 0.500. The molecule has 1 amide bonds. The van der Waals surface area contributed by atoms with Gasteiger partial charge in [0.1, 0.15) is 11.4 Å². The molecule has 0 saturated carbocycles. The van der Waals surface area contributed by atoms with Crippen molar-refractivity contribution in [2.75, 3.05) is 11.4 Å². The molecule has 2 heterocycles. The monoisotopic (exact) mass is 383 g/mol. The average molecular weight is 384 g/mol. The van der Waals surface area contributed by atoms with Crippen molar-refractivity contribution in [2.24, 2.45) is 0 Å². The minimum absolute atomic E-state index is 0.411. The third-order valence-electron chi connectivity index (χ3n) is 3.91. The summed E-state index contributed by atoms with van der Waals surface area (Å²) in [6.45, 7) is 7.81. The highest BCUT2D eigenvalue weighted by Crippen LogP contribution is 2.34. The molecule has 0 N–H and O–H groups in total. The van der Waals surface area contributed by atoms with E-state index in [-0.39, 0.29) is 0 Å². The number of hydrogen-bond donors (Lipinski definition) is 0. The number of anilines is 1. The number of pyridine rings is 2. The Kier molecular flexibility index (Phi) is 5.33. The Balaban J connectivity index is 2.21. The van der Waals surface area contributed by atoms with Gasteiger partial charge in [0.15, 0.2) is 0 Å². The Hall–Kier alpha value is -2.66. The zero-order valence-corrected chi connectivity index (χ0v) is 16.6. The molecule has 3 aromatic rings. The molecule has 2 aromatic heterocycles. The highest BCUT2D eigenvalue weighted by Gasteiger charge is 2.26. The summed E-state index contributed by atoms with van der Waals surface area (Å²) in [4.78, 5) is 23.5. The molecule has 0 bridgehead atoms. The van der Waals surface area contributed by atoms with Gasteiger partial charge < -0.3 is 4.74 Å². The maximum Gasteiger partial charge on any atom is 0.416 e. The maximum absolute atomic E-state index is 12.8. The molecule has 27 heavy (non-hydrogen) atoms. The van der Waals surface area contributed by atoms with Crippen molar-refractivity contribution < 1.29 is 9.53 Å². The Morgan fingerprint density at radius 3 is 2.59 bits per heavy atom. The first kappa shape index (κ1) is 19.1. The normalized spacial score (nSPS) is 11.4. The van der Waals surface area contributed by atoms with Crippen LogP contribution < -0.4 is 4.90 Å². The molecular formula is C21H22ClN3O2. The lowest BCUT2D eigenvalue weighted by Gasteiger charge is -2.27. The number of amides is 1. The molecule has 0 aliphatic rings. The van der Waals surface area contributed by atoms with E-state index in [2.05, 4.69) is 4.98 Å². The summed E-state index contributed by atoms with van der Waals surface area (Å²) < 4.78 is 5.57. The molecule has 3 rings (SSSR count). The molecule has 0 atom stereocenters. The van der Waals surface area contributed by atoms with E-state index < -0.39 is 11.7 Å². The van der Waals surface area contributed by atoms with Gasteiger partial charge in [-0.2, -0.15) is 0 Å². The molecule has 0 aliphatic carbocycles. The van der Waals surface area contributed by atoms with Crippen LogP contribution in [0.1, 0.15) is 27.7 Å². The topological polar surface area (TPSA) is 55.3 Å². The number of rotatable bonds is 3. The van der Waals surface area contributed by atoms with Crippen molar-refractivity contribution in [1.29, 1.82) is 0 Å². The maximum atomic E-state index is 12.8. The number of carbonyl (C=O) groups excluding carboxylic acids is 1. The number of aromatic nitrogens is 2. The van der Waals surface area contributed by atoms with Crippen LogP contribution in [0.2, 0.25) is 5.02 Å². The number of fused-ring (bicyclic) bond motifs is 1. The number of hydrogen-bond acceptors (Lipinski definition) is 4.